The Morgan fingerprint density at radius 3 is 2.55 bits per heavy atom. The summed E-state index contributed by atoms with van der Waals surface area (Å²) in [7, 11) is 0. The molecule has 0 atom stereocenters. The zero-order valence-corrected chi connectivity index (χ0v) is 18.1. The predicted octanol–water partition coefficient (Wildman–Crippen LogP) is 5.32. The third-order valence-electron chi connectivity index (χ3n) is 5.33. The van der Waals surface area contributed by atoms with E-state index in [0.29, 0.717) is 28.2 Å². The van der Waals surface area contributed by atoms with Crippen LogP contribution in [0, 0.1) is 0 Å². The molecule has 0 radical (unpaired) electrons. The topological polar surface area (TPSA) is 94.0 Å². The van der Waals surface area contributed by atoms with Gasteiger partial charge in [0.05, 0.1) is 11.1 Å². The lowest BCUT2D eigenvalue weighted by molar-refractivity contribution is 0.102. The largest absolute Gasteiger partial charge is 0.334 e. The van der Waals surface area contributed by atoms with Gasteiger partial charge in [-0.1, -0.05) is 44.0 Å². The molecule has 2 aromatic heterocycles. The van der Waals surface area contributed by atoms with Gasteiger partial charge in [0.1, 0.15) is 5.00 Å². The van der Waals surface area contributed by atoms with E-state index in [0.717, 1.165) is 31.2 Å². The second kappa shape index (κ2) is 8.65. The first-order chi connectivity index (χ1) is 13.5. The number of carbonyl (C=O) groups excluding carboxylic acids is 1. The third kappa shape index (κ3) is 4.37. The van der Waals surface area contributed by atoms with E-state index in [1.54, 1.807) is 0 Å². The SMILES string of the molecule is CC(C)c1ccc(C(=O)Nc2sccc2-c2nc(C3(N)CCCC3)no2)cc1.Cl. The Hall–Kier alpha value is -2.22. The van der Waals surface area contributed by atoms with E-state index in [1.165, 1.54) is 16.9 Å². The van der Waals surface area contributed by atoms with Crippen molar-refractivity contribution in [3.8, 4) is 11.5 Å². The van der Waals surface area contributed by atoms with Gasteiger partial charge in [0.2, 0.25) is 0 Å². The number of halogens is 1. The fourth-order valence-corrected chi connectivity index (χ4v) is 4.31. The van der Waals surface area contributed by atoms with Crippen LogP contribution in [0.5, 0.6) is 0 Å². The molecule has 0 saturated heterocycles. The molecule has 0 spiro atoms. The summed E-state index contributed by atoms with van der Waals surface area (Å²) >= 11 is 1.43. The van der Waals surface area contributed by atoms with Crippen molar-refractivity contribution in [3.05, 3.63) is 52.7 Å². The number of thiophene rings is 1. The minimum absolute atomic E-state index is 0. The van der Waals surface area contributed by atoms with Gasteiger partial charge < -0.3 is 15.6 Å². The predicted molar refractivity (Wildman–Crippen MR) is 118 cm³/mol. The van der Waals surface area contributed by atoms with Crippen molar-refractivity contribution in [1.29, 1.82) is 0 Å². The van der Waals surface area contributed by atoms with Crippen molar-refractivity contribution in [2.45, 2.75) is 51.0 Å². The summed E-state index contributed by atoms with van der Waals surface area (Å²) in [5.41, 5.74) is 8.46. The lowest BCUT2D eigenvalue weighted by atomic mass is 9.99. The van der Waals surface area contributed by atoms with Gasteiger partial charge in [0.15, 0.2) is 5.82 Å². The molecule has 6 nitrogen and oxygen atoms in total. The molecule has 0 unspecified atom stereocenters. The first-order valence-corrected chi connectivity index (χ1v) is 10.5. The third-order valence-corrected chi connectivity index (χ3v) is 6.16. The fraction of sp³-hybridized carbons (Fsp3) is 0.381. The summed E-state index contributed by atoms with van der Waals surface area (Å²) in [5.74, 6) is 1.20. The van der Waals surface area contributed by atoms with E-state index in [-0.39, 0.29) is 18.3 Å². The number of nitrogens with one attached hydrogen (secondary N) is 1. The van der Waals surface area contributed by atoms with E-state index >= 15 is 0 Å². The van der Waals surface area contributed by atoms with Gasteiger partial charge in [-0.25, -0.2) is 0 Å². The van der Waals surface area contributed by atoms with Crippen LogP contribution in [0.15, 0.2) is 40.2 Å². The summed E-state index contributed by atoms with van der Waals surface area (Å²) in [6.07, 6.45) is 3.89. The smallest absolute Gasteiger partial charge is 0.260 e. The van der Waals surface area contributed by atoms with Crippen molar-refractivity contribution >= 4 is 34.7 Å². The standard InChI is InChI=1S/C21H24N4O2S.ClH/c1-13(2)14-5-7-15(8-6-14)17(26)23-19-16(9-12-28-19)18-24-20(25-27-18)21(22)10-3-4-11-21;/h5-9,12-13H,3-4,10-11,22H2,1-2H3,(H,23,26);1H. The molecule has 1 aliphatic rings. The van der Waals surface area contributed by atoms with Crippen molar-refractivity contribution in [2.75, 3.05) is 5.32 Å². The molecule has 0 bridgehead atoms. The van der Waals surface area contributed by atoms with Crippen LogP contribution in [-0.2, 0) is 5.54 Å². The number of nitrogens with zero attached hydrogens (tertiary/aromatic N) is 2. The van der Waals surface area contributed by atoms with Crippen LogP contribution in [0.4, 0.5) is 5.00 Å². The van der Waals surface area contributed by atoms with E-state index in [4.69, 9.17) is 10.3 Å². The maximum Gasteiger partial charge on any atom is 0.260 e. The highest BCUT2D eigenvalue weighted by atomic mass is 35.5. The molecular weight excluding hydrogens is 408 g/mol. The summed E-state index contributed by atoms with van der Waals surface area (Å²) in [6.45, 7) is 4.26. The fourth-order valence-electron chi connectivity index (χ4n) is 3.53. The molecule has 8 heteroatoms. The van der Waals surface area contributed by atoms with E-state index in [2.05, 4.69) is 29.3 Å². The summed E-state index contributed by atoms with van der Waals surface area (Å²) < 4.78 is 5.47. The number of hydrogen-bond donors (Lipinski definition) is 2. The van der Waals surface area contributed by atoms with Crippen LogP contribution in [-0.4, -0.2) is 16.0 Å². The van der Waals surface area contributed by atoms with Gasteiger partial charge in [-0.2, -0.15) is 4.98 Å². The monoisotopic (exact) mass is 432 g/mol. The average molecular weight is 433 g/mol. The number of nitrogens with two attached hydrogens (primary N) is 1. The van der Waals surface area contributed by atoms with Gasteiger partial charge in [-0.15, -0.1) is 23.7 Å². The van der Waals surface area contributed by atoms with Crippen molar-refractivity contribution in [3.63, 3.8) is 0 Å². The van der Waals surface area contributed by atoms with Gasteiger partial charge in [0, 0.05) is 5.56 Å². The Labute approximate surface area is 180 Å². The number of amides is 1. The molecule has 2 heterocycles. The lowest BCUT2D eigenvalue weighted by Crippen LogP contribution is -2.34. The van der Waals surface area contributed by atoms with Crippen molar-refractivity contribution in [1.82, 2.24) is 10.1 Å². The number of aromatic nitrogens is 2. The average Bonchev–Trinajstić information content (AvgIpc) is 3.42. The summed E-state index contributed by atoms with van der Waals surface area (Å²) in [4.78, 5) is 17.2. The molecule has 4 rings (SSSR count). The quantitative estimate of drug-likeness (QED) is 0.568. The molecule has 1 saturated carbocycles. The second-order valence-electron chi connectivity index (χ2n) is 7.68. The van der Waals surface area contributed by atoms with Gasteiger partial charge in [-0.3, -0.25) is 4.79 Å². The number of anilines is 1. The zero-order valence-electron chi connectivity index (χ0n) is 16.5. The summed E-state index contributed by atoms with van der Waals surface area (Å²) in [6, 6.07) is 9.54. The molecule has 3 N–H and O–H groups in total. The second-order valence-corrected chi connectivity index (χ2v) is 8.60. The van der Waals surface area contributed by atoms with Gasteiger partial charge in [-0.05, 0) is 47.9 Å². The highest BCUT2D eigenvalue weighted by Crippen LogP contribution is 2.37. The Morgan fingerprint density at radius 1 is 1.21 bits per heavy atom. The zero-order chi connectivity index (χ0) is 19.7. The molecule has 154 valence electrons. The van der Waals surface area contributed by atoms with Crippen LogP contribution < -0.4 is 11.1 Å². The van der Waals surface area contributed by atoms with Crippen LogP contribution in [0.25, 0.3) is 11.5 Å². The minimum Gasteiger partial charge on any atom is -0.334 e. The van der Waals surface area contributed by atoms with E-state index in [9.17, 15) is 4.79 Å². The van der Waals surface area contributed by atoms with E-state index in [1.807, 2.05) is 35.7 Å². The maximum atomic E-state index is 12.7. The first kappa shape index (κ1) is 21.5. The first-order valence-electron chi connectivity index (χ1n) is 9.58. The van der Waals surface area contributed by atoms with Crippen molar-refractivity contribution in [2.24, 2.45) is 5.73 Å². The van der Waals surface area contributed by atoms with Crippen LogP contribution in [0.1, 0.15) is 67.2 Å². The summed E-state index contributed by atoms with van der Waals surface area (Å²) in [5, 5.41) is 9.65. The molecule has 1 aromatic carbocycles. The van der Waals surface area contributed by atoms with Gasteiger partial charge >= 0.3 is 0 Å². The molecule has 3 aromatic rings. The Morgan fingerprint density at radius 2 is 1.90 bits per heavy atom. The highest BCUT2D eigenvalue weighted by Gasteiger charge is 2.36. The molecule has 29 heavy (non-hydrogen) atoms. The molecule has 0 aliphatic heterocycles. The van der Waals surface area contributed by atoms with Crippen LogP contribution in [0.2, 0.25) is 0 Å². The highest BCUT2D eigenvalue weighted by molar-refractivity contribution is 7.15. The Balaban J connectivity index is 0.00000240. The van der Waals surface area contributed by atoms with Gasteiger partial charge in [0.25, 0.3) is 11.8 Å². The molecule has 1 amide bonds. The Kier molecular flexibility index (Phi) is 6.41. The Bertz CT molecular complexity index is 975. The van der Waals surface area contributed by atoms with Crippen LogP contribution in [0.3, 0.4) is 0 Å². The lowest BCUT2D eigenvalue weighted by Gasteiger charge is -2.17. The van der Waals surface area contributed by atoms with Crippen LogP contribution >= 0.6 is 23.7 Å². The van der Waals surface area contributed by atoms with Crippen molar-refractivity contribution < 1.29 is 9.32 Å². The molecular formula is C21H25ClN4O2S. The molecule has 1 fully saturated rings. The number of carbonyl (C=O) groups is 1. The number of rotatable bonds is 5. The maximum absolute atomic E-state index is 12.7. The number of hydrogen-bond acceptors (Lipinski definition) is 6. The minimum atomic E-state index is -0.501. The van der Waals surface area contributed by atoms with E-state index < -0.39 is 5.54 Å². The number of benzene rings is 1. The molecule has 1 aliphatic carbocycles. The normalized spacial score (nSPS) is 15.3.